The van der Waals surface area contributed by atoms with Gasteiger partial charge in [-0.15, -0.1) is 0 Å². The third-order valence-corrected chi connectivity index (χ3v) is 3.81. The van der Waals surface area contributed by atoms with Gasteiger partial charge in [0.2, 0.25) is 0 Å². The van der Waals surface area contributed by atoms with Gasteiger partial charge in [-0.3, -0.25) is 0 Å². The van der Waals surface area contributed by atoms with Gasteiger partial charge >= 0.3 is 6.61 Å². The Morgan fingerprint density at radius 3 is 2.67 bits per heavy atom. The molecule has 7 heteroatoms. The van der Waals surface area contributed by atoms with Crippen molar-refractivity contribution >= 4 is 9.84 Å². The van der Waals surface area contributed by atoms with Gasteiger partial charge in [-0.1, -0.05) is 12.1 Å². The third-order valence-electron chi connectivity index (χ3n) is 2.12. The maximum Gasteiger partial charge on any atom is 0.387 e. The lowest BCUT2D eigenvalue weighted by molar-refractivity contribution is -0.0498. The Balaban J connectivity index is 2.72. The molecule has 0 unspecified atom stereocenters. The molecule has 1 rings (SSSR count). The molecule has 4 nitrogen and oxygen atoms in total. The Kier molecular flexibility index (Phi) is 5.49. The van der Waals surface area contributed by atoms with E-state index in [1.54, 1.807) is 0 Å². The zero-order valence-electron chi connectivity index (χ0n) is 9.55. The highest BCUT2D eigenvalue weighted by Gasteiger charge is 2.12. The van der Waals surface area contributed by atoms with Gasteiger partial charge in [0, 0.05) is 6.61 Å². The zero-order chi connectivity index (χ0) is 13.6. The van der Waals surface area contributed by atoms with Crippen LogP contribution in [0.1, 0.15) is 12.0 Å². The Labute approximate surface area is 104 Å². The monoisotopic (exact) mass is 280 g/mol. The van der Waals surface area contributed by atoms with E-state index in [0.717, 1.165) is 0 Å². The summed E-state index contributed by atoms with van der Waals surface area (Å²) < 4.78 is 51.3. The van der Waals surface area contributed by atoms with E-state index in [0.29, 0.717) is 5.56 Å². The van der Waals surface area contributed by atoms with Crippen LogP contribution in [0.5, 0.6) is 5.75 Å². The highest BCUT2D eigenvalue weighted by Crippen LogP contribution is 2.18. The van der Waals surface area contributed by atoms with Crippen molar-refractivity contribution in [3.05, 3.63) is 29.8 Å². The van der Waals surface area contributed by atoms with Gasteiger partial charge in [0.1, 0.15) is 5.75 Å². The highest BCUT2D eigenvalue weighted by molar-refractivity contribution is 7.90. The van der Waals surface area contributed by atoms with Crippen LogP contribution in [0.4, 0.5) is 8.78 Å². The van der Waals surface area contributed by atoms with E-state index in [1.807, 2.05) is 0 Å². The number of aliphatic hydroxyl groups is 1. The minimum atomic E-state index is -3.35. The van der Waals surface area contributed by atoms with Crippen molar-refractivity contribution in [3.63, 3.8) is 0 Å². The molecule has 1 aromatic rings. The number of alkyl halides is 2. The molecule has 1 N–H and O–H groups in total. The van der Waals surface area contributed by atoms with E-state index in [-0.39, 0.29) is 30.3 Å². The molecular weight excluding hydrogens is 266 g/mol. The number of rotatable bonds is 7. The molecule has 0 radical (unpaired) electrons. The topological polar surface area (TPSA) is 63.6 Å². The van der Waals surface area contributed by atoms with E-state index < -0.39 is 16.4 Å². The largest absolute Gasteiger partial charge is 0.435 e. The summed E-state index contributed by atoms with van der Waals surface area (Å²) in [5.41, 5.74) is 0.381. The van der Waals surface area contributed by atoms with E-state index in [4.69, 9.17) is 5.11 Å². The summed E-state index contributed by atoms with van der Waals surface area (Å²) in [5, 5.41) is 8.57. The molecule has 0 bridgehead atoms. The fraction of sp³-hybridized carbons (Fsp3) is 0.455. The first-order valence-electron chi connectivity index (χ1n) is 5.28. The average Bonchev–Trinajstić information content (AvgIpc) is 2.25. The Morgan fingerprint density at radius 1 is 1.33 bits per heavy atom. The third kappa shape index (κ3) is 5.42. The summed E-state index contributed by atoms with van der Waals surface area (Å²) in [5.74, 6) is -0.462. The van der Waals surface area contributed by atoms with Crippen molar-refractivity contribution < 1.29 is 27.0 Å². The first-order chi connectivity index (χ1) is 8.43. The van der Waals surface area contributed by atoms with Crippen LogP contribution >= 0.6 is 0 Å². The van der Waals surface area contributed by atoms with Gasteiger partial charge in [-0.05, 0) is 24.1 Å². The molecule has 0 amide bonds. The molecule has 0 heterocycles. The second kappa shape index (κ2) is 6.65. The van der Waals surface area contributed by atoms with Crippen LogP contribution in [0.15, 0.2) is 24.3 Å². The minimum absolute atomic E-state index is 0.0696. The fourth-order valence-corrected chi connectivity index (χ4v) is 2.82. The summed E-state index contributed by atoms with van der Waals surface area (Å²) in [4.78, 5) is 0. The van der Waals surface area contributed by atoms with Crippen LogP contribution in [-0.2, 0) is 15.6 Å². The molecule has 0 atom stereocenters. The standard InChI is InChI=1S/C11H14F2O4S/c12-11(13)17-10-4-1-3-9(7-10)8-18(15,16)6-2-5-14/h1,3-4,7,11,14H,2,5-6,8H2. The molecule has 1 aromatic carbocycles. The quantitative estimate of drug-likeness (QED) is 0.823. The SMILES string of the molecule is O=S(=O)(CCCO)Cc1cccc(OC(F)F)c1. The van der Waals surface area contributed by atoms with Crippen molar-refractivity contribution in [1.29, 1.82) is 0 Å². The normalized spacial score (nSPS) is 11.8. The number of ether oxygens (including phenoxy) is 1. The average molecular weight is 280 g/mol. The Morgan fingerprint density at radius 2 is 2.06 bits per heavy atom. The lowest BCUT2D eigenvalue weighted by Crippen LogP contribution is -2.11. The van der Waals surface area contributed by atoms with Gasteiger partial charge < -0.3 is 9.84 Å². The van der Waals surface area contributed by atoms with Crippen LogP contribution < -0.4 is 4.74 Å². The number of benzene rings is 1. The highest BCUT2D eigenvalue weighted by atomic mass is 32.2. The molecule has 18 heavy (non-hydrogen) atoms. The molecular formula is C11H14F2O4S. The van der Waals surface area contributed by atoms with Crippen molar-refractivity contribution in [3.8, 4) is 5.75 Å². The van der Waals surface area contributed by atoms with Crippen molar-refractivity contribution in [2.45, 2.75) is 18.8 Å². The summed E-state index contributed by atoms with van der Waals surface area (Å²) >= 11 is 0. The molecule has 102 valence electrons. The van der Waals surface area contributed by atoms with Crippen LogP contribution in [0.3, 0.4) is 0 Å². The molecule has 0 aliphatic rings. The van der Waals surface area contributed by atoms with Gasteiger partial charge in [-0.2, -0.15) is 8.78 Å². The van der Waals surface area contributed by atoms with E-state index in [1.165, 1.54) is 24.3 Å². The van der Waals surface area contributed by atoms with Gasteiger partial charge in [-0.25, -0.2) is 8.42 Å². The predicted molar refractivity (Wildman–Crippen MR) is 62.3 cm³/mol. The summed E-state index contributed by atoms with van der Waals surface area (Å²) in [6, 6.07) is 5.57. The van der Waals surface area contributed by atoms with Crippen LogP contribution in [0, 0.1) is 0 Å². The van der Waals surface area contributed by atoms with Crippen LogP contribution in [0.2, 0.25) is 0 Å². The van der Waals surface area contributed by atoms with Gasteiger partial charge in [0.25, 0.3) is 0 Å². The molecule has 0 aromatic heterocycles. The molecule has 0 saturated heterocycles. The zero-order valence-corrected chi connectivity index (χ0v) is 10.4. The first kappa shape index (κ1) is 14.8. The van der Waals surface area contributed by atoms with Crippen LogP contribution in [0.25, 0.3) is 0 Å². The maximum atomic E-state index is 12.0. The molecule has 0 saturated carbocycles. The lowest BCUT2D eigenvalue weighted by Gasteiger charge is -2.07. The summed E-state index contributed by atoms with van der Waals surface area (Å²) in [6.45, 7) is -3.14. The van der Waals surface area contributed by atoms with E-state index in [9.17, 15) is 17.2 Å². The Bertz CT molecular complexity index is 474. The smallest absolute Gasteiger partial charge is 0.387 e. The number of hydrogen-bond donors (Lipinski definition) is 1. The summed E-state index contributed by atoms with van der Waals surface area (Å²) in [6.07, 6.45) is 0.162. The Hall–Kier alpha value is -1.21. The number of halogens is 2. The van der Waals surface area contributed by atoms with Gasteiger partial charge in [0.05, 0.1) is 11.5 Å². The molecule has 0 spiro atoms. The first-order valence-corrected chi connectivity index (χ1v) is 7.10. The van der Waals surface area contributed by atoms with Crippen molar-refractivity contribution in [2.75, 3.05) is 12.4 Å². The fourth-order valence-electron chi connectivity index (χ4n) is 1.42. The molecule has 0 aliphatic heterocycles. The second-order valence-electron chi connectivity index (χ2n) is 3.70. The van der Waals surface area contributed by atoms with E-state index in [2.05, 4.69) is 4.74 Å². The molecule has 0 fully saturated rings. The van der Waals surface area contributed by atoms with Crippen molar-refractivity contribution in [2.24, 2.45) is 0 Å². The van der Waals surface area contributed by atoms with E-state index >= 15 is 0 Å². The maximum absolute atomic E-state index is 12.0. The van der Waals surface area contributed by atoms with Crippen molar-refractivity contribution in [1.82, 2.24) is 0 Å². The molecule has 0 aliphatic carbocycles. The van der Waals surface area contributed by atoms with Gasteiger partial charge in [0.15, 0.2) is 9.84 Å². The lowest BCUT2D eigenvalue weighted by atomic mass is 10.2. The number of sulfone groups is 1. The number of aliphatic hydroxyl groups excluding tert-OH is 1. The number of hydrogen-bond acceptors (Lipinski definition) is 4. The minimum Gasteiger partial charge on any atom is -0.435 e. The predicted octanol–water partition coefficient (Wildman–Crippen LogP) is 1.59. The summed E-state index contributed by atoms with van der Waals surface area (Å²) in [7, 11) is -3.35. The van der Waals surface area contributed by atoms with Crippen LogP contribution in [-0.4, -0.2) is 32.5 Å². The second-order valence-corrected chi connectivity index (χ2v) is 5.88.